The summed E-state index contributed by atoms with van der Waals surface area (Å²) in [5, 5.41) is 10.0. The maximum Gasteiger partial charge on any atom is 0.336 e. The van der Waals surface area contributed by atoms with E-state index in [4.69, 9.17) is 4.74 Å². The predicted octanol–water partition coefficient (Wildman–Crippen LogP) is 2.36. The second-order valence-corrected chi connectivity index (χ2v) is 4.45. The van der Waals surface area contributed by atoms with Crippen LogP contribution in [0, 0.1) is 0 Å². The molecule has 1 aliphatic rings. The first-order valence-corrected chi connectivity index (χ1v) is 5.78. The van der Waals surface area contributed by atoms with Crippen LogP contribution in [0.15, 0.2) is 40.4 Å². The van der Waals surface area contributed by atoms with E-state index in [-0.39, 0.29) is 0 Å². The Morgan fingerprint density at radius 1 is 1.31 bits per heavy atom. The summed E-state index contributed by atoms with van der Waals surface area (Å²) in [6.07, 6.45) is 1.49. The van der Waals surface area contributed by atoms with Crippen molar-refractivity contribution in [3.63, 3.8) is 0 Å². The zero-order chi connectivity index (χ0) is 11.5. The highest BCUT2D eigenvalue weighted by Gasteiger charge is 2.23. The Morgan fingerprint density at radius 2 is 2.00 bits per heavy atom. The minimum atomic E-state index is -0.902. The average molecular weight is 283 g/mol. The summed E-state index contributed by atoms with van der Waals surface area (Å²) >= 11 is 3.31. The van der Waals surface area contributed by atoms with Crippen molar-refractivity contribution in [3.8, 4) is 0 Å². The number of benzene rings is 1. The number of rotatable bonds is 2. The Hall–Kier alpha value is -1.13. The molecule has 0 bridgehead atoms. The van der Waals surface area contributed by atoms with Crippen molar-refractivity contribution in [2.24, 2.45) is 0 Å². The molecule has 3 nitrogen and oxygen atoms in total. The Morgan fingerprint density at radius 3 is 2.62 bits per heavy atom. The van der Waals surface area contributed by atoms with Crippen LogP contribution in [0.5, 0.6) is 0 Å². The molecule has 0 radical (unpaired) electrons. The summed E-state index contributed by atoms with van der Waals surface area (Å²) in [5.74, 6) is -0.429. The molecule has 0 aliphatic carbocycles. The summed E-state index contributed by atoms with van der Waals surface area (Å²) < 4.78 is 5.81. The lowest BCUT2D eigenvalue weighted by Crippen LogP contribution is -2.19. The largest absolute Gasteiger partial charge is 0.462 e. The van der Waals surface area contributed by atoms with E-state index in [1.54, 1.807) is 18.2 Å². The molecule has 1 unspecified atom stereocenters. The third-order valence-corrected chi connectivity index (χ3v) is 2.96. The van der Waals surface area contributed by atoms with E-state index in [0.717, 1.165) is 4.47 Å². The van der Waals surface area contributed by atoms with Gasteiger partial charge in [-0.15, -0.1) is 0 Å². The molecule has 1 aromatic rings. The number of esters is 1. The molecule has 1 atom stereocenters. The van der Waals surface area contributed by atoms with Crippen molar-refractivity contribution in [1.29, 1.82) is 0 Å². The number of aliphatic hydroxyl groups excluding tert-OH is 1. The van der Waals surface area contributed by atoms with Crippen molar-refractivity contribution < 1.29 is 14.6 Å². The van der Waals surface area contributed by atoms with Gasteiger partial charge in [-0.05, 0) is 17.7 Å². The number of carbonyl (C=O) groups is 1. The summed E-state index contributed by atoms with van der Waals surface area (Å²) in [4.78, 5) is 11.4. The molecule has 16 heavy (non-hydrogen) atoms. The number of aliphatic hydroxyl groups is 1. The van der Waals surface area contributed by atoms with E-state index in [1.165, 1.54) is 0 Å². The number of halogens is 1. The minimum Gasteiger partial charge on any atom is -0.462 e. The van der Waals surface area contributed by atoms with Crippen molar-refractivity contribution in [2.45, 2.75) is 12.5 Å². The van der Waals surface area contributed by atoms with Gasteiger partial charge >= 0.3 is 5.97 Å². The summed E-state index contributed by atoms with van der Waals surface area (Å²) in [7, 11) is 0. The van der Waals surface area contributed by atoms with Gasteiger partial charge in [-0.3, -0.25) is 0 Å². The van der Waals surface area contributed by atoms with Crippen LogP contribution in [0.3, 0.4) is 0 Å². The summed E-state index contributed by atoms with van der Waals surface area (Å²) in [6.45, 7) is 0.398. The lowest BCUT2D eigenvalue weighted by molar-refractivity contribution is -0.141. The van der Waals surface area contributed by atoms with Crippen molar-refractivity contribution in [3.05, 3.63) is 46.0 Å². The molecule has 1 aromatic carbocycles. The molecule has 84 valence electrons. The highest BCUT2D eigenvalue weighted by molar-refractivity contribution is 9.10. The zero-order valence-electron chi connectivity index (χ0n) is 8.52. The summed E-state index contributed by atoms with van der Waals surface area (Å²) in [6, 6.07) is 7.20. The van der Waals surface area contributed by atoms with E-state index in [1.807, 2.05) is 12.1 Å². The van der Waals surface area contributed by atoms with Crippen molar-refractivity contribution in [2.75, 3.05) is 6.61 Å². The SMILES string of the molecule is O=C1OCCC=C1C(O)c1ccc(Br)cc1. The molecular weight excluding hydrogens is 272 g/mol. The monoisotopic (exact) mass is 282 g/mol. The van der Waals surface area contributed by atoms with Crippen molar-refractivity contribution >= 4 is 21.9 Å². The first-order valence-electron chi connectivity index (χ1n) is 4.99. The Bertz CT molecular complexity index is 422. The number of ether oxygens (including phenoxy) is 1. The second kappa shape index (κ2) is 4.80. The first-order chi connectivity index (χ1) is 7.68. The minimum absolute atomic E-state index is 0.327. The fourth-order valence-corrected chi connectivity index (χ4v) is 1.84. The Labute approximate surface area is 102 Å². The van der Waals surface area contributed by atoms with Gasteiger partial charge in [0, 0.05) is 10.9 Å². The maximum absolute atomic E-state index is 11.4. The summed E-state index contributed by atoms with van der Waals surface area (Å²) in [5.41, 5.74) is 1.02. The van der Waals surface area contributed by atoms with Gasteiger partial charge in [-0.1, -0.05) is 34.1 Å². The maximum atomic E-state index is 11.4. The molecule has 0 saturated carbocycles. The van der Waals surface area contributed by atoms with Gasteiger partial charge in [-0.25, -0.2) is 4.79 Å². The molecule has 0 saturated heterocycles. The van der Waals surface area contributed by atoms with Gasteiger partial charge < -0.3 is 9.84 Å². The Balaban J connectivity index is 2.24. The molecule has 1 heterocycles. The quantitative estimate of drug-likeness (QED) is 0.847. The lowest BCUT2D eigenvalue weighted by Gasteiger charge is -2.18. The van der Waals surface area contributed by atoms with Gasteiger partial charge in [0.15, 0.2) is 0 Å². The third-order valence-electron chi connectivity index (χ3n) is 2.43. The molecule has 1 aliphatic heterocycles. The van der Waals surface area contributed by atoms with Crippen LogP contribution in [0.2, 0.25) is 0 Å². The topological polar surface area (TPSA) is 46.5 Å². The van der Waals surface area contributed by atoms with Crippen LogP contribution in [0.4, 0.5) is 0 Å². The highest BCUT2D eigenvalue weighted by Crippen LogP contribution is 2.26. The van der Waals surface area contributed by atoms with Gasteiger partial charge in [0.1, 0.15) is 6.10 Å². The molecule has 0 fully saturated rings. The van der Waals surface area contributed by atoms with Gasteiger partial charge in [0.05, 0.1) is 12.2 Å². The zero-order valence-corrected chi connectivity index (χ0v) is 10.1. The van der Waals surface area contributed by atoms with Crippen LogP contribution >= 0.6 is 15.9 Å². The van der Waals surface area contributed by atoms with E-state index in [9.17, 15) is 9.90 Å². The molecule has 0 spiro atoms. The first kappa shape index (κ1) is 11.4. The fraction of sp³-hybridized carbons (Fsp3) is 0.250. The number of cyclic esters (lactones) is 1. The number of hydrogen-bond acceptors (Lipinski definition) is 3. The van der Waals surface area contributed by atoms with Crippen LogP contribution < -0.4 is 0 Å². The van der Waals surface area contributed by atoms with E-state index >= 15 is 0 Å². The molecule has 0 aromatic heterocycles. The van der Waals surface area contributed by atoms with E-state index in [2.05, 4.69) is 15.9 Å². The van der Waals surface area contributed by atoms with E-state index in [0.29, 0.717) is 24.2 Å². The molecule has 0 amide bonds. The van der Waals surface area contributed by atoms with Gasteiger partial charge in [-0.2, -0.15) is 0 Å². The molecule has 1 N–H and O–H groups in total. The predicted molar refractivity (Wildman–Crippen MR) is 62.8 cm³/mol. The van der Waals surface area contributed by atoms with E-state index < -0.39 is 12.1 Å². The third kappa shape index (κ3) is 2.33. The Kier molecular flexibility index (Phi) is 3.41. The van der Waals surface area contributed by atoms with Crippen LogP contribution in [-0.2, 0) is 9.53 Å². The standard InChI is InChI=1S/C12H11BrO3/c13-9-5-3-8(4-6-9)11(14)10-2-1-7-16-12(10)15/h2-6,11,14H,1,7H2. The lowest BCUT2D eigenvalue weighted by atomic mass is 10.00. The molecule has 4 heteroatoms. The van der Waals surface area contributed by atoms with Crippen LogP contribution in [0.25, 0.3) is 0 Å². The average Bonchev–Trinajstić information content (AvgIpc) is 2.30. The number of hydrogen-bond donors (Lipinski definition) is 1. The van der Waals surface area contributed by atoms with Crippen LogP contribution in [-0.4, -0.2) is 17.7 Å². The molecule has 2 rings (SSSR count). The normalized spacial score (nSPS) is 17.6. The molecular formula is C12H11BrO3. The van der Waals surface area contributed by atoms with Crippen molar-refractivity contribution in [1.82, 2.24) is 0 Å². The van der Waals surface area contributed by atoms with Crippen LogP contribution in [0.1, 0.15) is 18.1 Å². The van der Waals surface area contributed by atoms with Gasteiger partial charge in [0.25, 0.3) is 0 Å². The highest BCUT2D eigenvalue weighted by atomic mass is 79.9. The number of carbonyl (C=O) groups excluding carboxylic acids is 1. The van der Waals surface area contributed by atoms with Gasteiger partial charge in [0.2, 0.25) is 0 Å². The fourth-order valence-electron chi connectivity index (χ4n) is 1.58. The smallest absolute Gasteiger partial charge is 0.336 e. The second-order valence-electron chi connectivity index (χ2n) is 3.54.